The summed E-state index contributed by atoms with van der Waals surface area (Å²) in [6, 6.07) is 9.10. The fourth-order valence-electron chi connectivity index (χ4n) is 1.85. The SMILES string of the molecule is COc1ccc(C(N)=O)c(OC(=O)c2ccc(OC(F)F)cc2)c1. The van der Waals surface area contributed by atoms with E-state index in [9.17, 15) is 18.4 Å². The lowest BCUT2D eigenvalue weighted by atomic mass is 10.1. The molecule has 0 aromatic heterocycles. The molecule has 0 spiro atoms. The predicted octanol–water partition coefficient (Wildman–Crippen LogP) is 2.61. The average molecular weight is 337 g/mol. The van der Waals surface area contributed by atoms with E-state index in [1.54, 1.807) is 0 Å². The highest BCUT2D eigenvalue weighted by molar-refractivity contribution is 5.98. The molecule has 0 heterocycles. The number of alkyl halides is 2. The molecule has 0 saturated heterocycles. The van der Waals surface area contributed by atoms with Crippen LogP contribution in [0.4, 0.5) is 8.78 Å². The van der Waals surface area contributed by atoms with Gasteiger partial charge >= 0.3 is 12.6 Å². The van der Waals surface area contributed by atoms with Crippen molar-refractivity contribution in [1.82, 2.24) is 0 Å². The smallest absolute Gasteiger partial charge is 0.387 e. The van der Waals surface area contributed by atoms with Gasteiger partial charge in [-0.25, -0.2) is 4.79 Å². The standard InChI is InChI=1S/C16H13F2NO5/c1-22-11-6-7-12(14(19)20)13(8-11)24-15(21)9-2-4-10(5-3-9)23-16(17)18/h2-8,16H,1H3,(H2,19,20). The second-order valence-corrected chi connectivity index (χ2v) is 4.52. The highest BCUT2D eigenvalue weighted by Gasteiger charge is 2.16. The van der Waals surface area contributed by atoms with Crippen LogP contribution in [0.15, 0.2) is 42.5 Å². The number of nitrogens with two attached hydrogens (primary N) is 1. The van der Waals surface area contributed by atoms with Crippen LogP contribution in [0.5, 0.6) is 17.2 Å². The van der Waals surface area contributed by atoms with Gasteiger partial charge in [0.15, 0.2) is 0 Å². The summed E-state index contributed by atoms with van der Waals surface area (Å²) in [5, 5.41) is 0. The summed E-state index contributed by atoms with van der Waals surface area (Å²) in [4.78, 5) is 23.5. The van der Waals surface area contributed by atoms with Crippen LogP contribution in [0.25, 0.3) is 0 Å². The number of methoxy groups -OCH3 is 1. The van der Waals surface area contributed by atoms with E-state index in [1.165, 1.54) is 49.6 Å². The molecule has 0 saturated carbocycles. The molecule has 6 nitrogen and oxygen atoms in total. The van der Waals surface area contributed by atoms with Crippen LogP contribution in [0.3, 0.4) is 0 Å². The number of carbonyl (C=O) groups excluding carboxylic acids is 2. The van der Waals surface area contributed by atoms with E-state index in [0.717, 1.165) is 0 Å². The Morgan fingerprint density at radius 3 is 2.21 bits per heavy atom. The Morgan fingerprint density at radius 2 is 1.67 bits per heavy atom. The quantitative estimate of drug-likeness (QED) is 0.647. The molecule has 0 aliphatic rings. The maximum Gasteiger partial charge on any atom is 0.387 e. The molecule has 1 amide bonds. The van der Waals surface area contributed by atoms with E-state index < -0.39 is 18.5 Å². The summed E-state index contributed by atoms with van der Waals surface area (Å²) in [5.74, 6) is -1.38. The van der Waals surface area contributed by atoms with Crippen molar-refractivity contribution in [3.63, 3.8) is 0 Å². The molecule has 0 radical (unpaired) electrons. The van der Waals surface area contributed by atoms with Crippen LogP contribution in [-0.4, -0.2) is 25.6 Å². The van der Waals surface area contributed by atoms with Crippen LogP contribution < -0.4 is 19.9 Å². The first-order valence-corrected chi connectivity index (χ1v) is 6.65. The number of halogens is 2. The van der Waals surface area contributed by atoms with Crippen molar-refractivity contribution in [3.8, 4) is 17.2 Å². The molecule has 2 aromatic rings. The lowest BCUT2D eigenvalue weighted by Gasteiger charge is -2.10. The summed E-state index contributed by atoms with van der Waals surface area (Å²) >= 11 is 0. The van der Waals surface area contributed by atoms with Gasteiger partial charge in [0.2, 0.25) is 0 Å². The largest absolute Gasteiger partial charge is 0.497 e. The van der Waals surface area contributed by atoms with Crippen LogP contribution in [0.2, 0.25) is 0 Å². The van der Waals surface area contributed by atoms with Gasteiger partial charge in [-0.15, -0.1) is 0 Å². The zero-order valence-corrected chi connectivity index (χ0v) is 12.5. The van der Waals surface area contributed by atoms with Crippen molar-refractivity contribution in [1.29, 1.82) is 0 Å². The first-order valence-electron chi connectivity index (χ1n) is 6.65. The minimum absolute atomic E-state index is 0.00167. The van der Waals surface area contributed by atoms with Gasteiger partial charge in [-0.05, 0) is 36.4 Å². The second-order valence-electron chi connectivity index (χ2n) is 4.52. The molecular weight excluding hydrogens is 324 g/mol. The number of primary amides is 1. The molecule has 8 heteroatoms. The monoisotopic (exact) mass is 337 g/mol. The molecule has 24 heavy (non-hydrogen) atoms. The van der Waals surface area contributed by atoms with Gasteiger partial charge < -0.3 is 19.9 Å². The highest BCUT2D eigenvalue weighted by Crippen LogP contribution is 2.26. The molecular formula is C16H13F2NO5. The molecule has 0 fully saturated rings. The van der Waals surface area contributed by atoms with Crippen molar-refractivity contribution in [2.45, 2.75) is 6.61 Å². The van der Waals surface area contributed by atoms with E-state index in [0.29, 0.717) is 5.75 Å². The highest BCUT2D eigenvalue weighted by atomic mass is 19.3. The van der Waals surface area contributed by atoms with Gasteiger partial charge in [-0.3, -0.25) is 4.79 Å². The number of rotatable bonds is 6. The number of carbonyl (C=O) groups is 2. The lowest BCUT2D eigenvalue weighted by Crippen LogP contribution is -2.16. The first-order chi connectivity index (χ1) is 11.4. The van der Waals surface area contributed by atoms with Gasteiger partial charge in [0, 0.05) is 6.07 Å². The fraction of sp³-hybridized carbons (Fsp3) is 0.125. The van der Waals surface area contributed by atoms with Crippen molar-refractivity contribution in [2.24, 2.45) is 5.73 Å². The average Bonchev–Trinajstić information content (AvgIpc) is 2.54. The number of ether oxygens (including phenoxy) is 3. The Bertz CT molecular complexity index is 747. The van der Waals surface area contributed by atoms with Gasteiger partial charge in [-0.2, -0.15) is 8.78 Å². The molecule has 126 valence electrons. The summed E-state index contributed by atoms with van der Waals surface area (Å²) < 4.78 is 38.5. The molecule has 2 aromatic carbocycles. The molecule has 0 unspecified atom stereocenters. The number of esters is 1. The van der Waals surface area contributed by atoms with Gasteiger partial charge in [0.1, 0.15) is 17.2 Å². The number of amides is 1. The van der Waals surface area contributed by atoms with E-state index in [2.05, 4.69) is 4.74 Å². The normalized spacial score (nSPS) is 10.3. The summed E-state index contributed by atoms with van der Waals surface area (Å²) in [5.41, 5.74) is 5.31. The Labute approximate surface area is 135 Å². The van der Waals surface area contributed by atoms with Crippen molar-refractivity contribution in [2.75, 3.05) is 7.11 Å². The maximum absolute atomic E-state index is 12.1. The van der Waals surface area contributed by atoms with Gasteiger partial charge in [-0.1, -0.05) is 0 Å². The summed E-state index contributed by atoms with van der Waals surface area (Å²) in [6.07, 6.45) is 0. The van der Waals surface area contributed by atoms with Crippen LogP contribution in [0.1, 0.15) is 20.7 Å². The van der Waals surface area contributed by atoms with Crippen LogP contribution >= 0.6 is 0 Å². The number of benzene rings is 2. The first kappa shape index (κ1) is 17.2. The molecule has 0 aliphatic carbocycles. The molecule has 2 N–H and O–H groups in total. The Kier molecular flexibility index (Phi) is 5.31. The van der Waals surface area contributed by atoms with Crippen LogP contribution in [0, 0.1) is 0 Å². The van der Waals surface area contributed by atoms with Crippen LogP contribution in [-0.2, 0) is 0 Å². The Morgan fingerprint density at radius 1 is 1.04 bits per heavy atom. The summed E-state index contributed by atoms with van der Waals surface area (Å²) in [6.45, 7) is -2.96. The van der Waals surface area contributed by atoms with Crippen molar-refractivity contribution >= 4 is 11.9 Å². The zero-order valence-electron chi connectivity index (χ0n) is 12.5. The predicted molar refractivity (Wildman–Crippen MR) is 79.5 cm³/mol. The minimum Gasteiger partial charge on any atom is -0.497 e. The lowest BCUT2D eigenvalue weighted by molar-refractivity contribution is -0.0498. The second kappa shape index (κ2) is 7.40. The summed E-state index contributed by atoms with van der Waals surface area (Å²) in [7, 11) is 1.41. The van der Waals surface area contributed by atoms with E-state index in [-0.39, 0.29) is 22.6 Å². The molecule has 0 atom stereocenters. The fourth-order valence-corrected chi connectivity index (χ4v) is 1.85. The van der Waals surface area contributed by atoms with Gasteiger partial charge in [0.25, 0.3) is 5.91 Å². The topological polar surface area (TPSA) is 87.9 Å². The molecule has 2 rings (SSSR count). The van der Waals surface area contributed by atoms with E-state index >= 15 is 0 Å². The third-order valence-corrected chi connectivity index (χ3v) is 2.97. The Balaban J connectivity index is 2.21. The molecule has 0 bridgehead atoms. The van der Waals surface area contributed by atoms with Crippen molar-refractivity contribution < 1.29 is 32.6 Å². The Hall–Kier alpha value is -3.16. The molecule has 0 aliphatic heterocycles. The number of hydrogen-bond donors (Lipinski definition) is 1. The minimum atomic E-state index is -2.96. The van der Waals surface area contributed by atoms with Gasteiger partial charge in [0.05, 0.1) is 18.2 Å². The third kappa shape index (κ3) is 4.19. The van der Waals surface area contributed by atoms with Crippen molar-refractivity contribution in [3.05, 3.63) is 53.6 Å². The maximum atomic E-state index is 12.1. The van der Waals surface area contributed by atoms with E-state index in [1.807, 2.05) is 0 Å². The number of hydrogen-bond acceptors (Lipinski definition) is 5. The third-order valence-electron chi connectivity index (χ3n) is 2.97. The van der Waals surface area contributed by atoms with E-state index in [4.69, 9.17) is 15.2 Å². The zero-order chi connectivity index (χ0) is 17.7.